The van der Waals surface area contributed by atoms with Gasteiger partial charge in [0.05, 0.1) is 12.2 Å². The van der Waals surface area contributed by atoms with Crippen molar-refractivity contribution in [2.24, 2.45) is 0 Å². The van der Waals surface area contributed by atoms with Crippen molar-refractivity contribution in [1.82, 2.24) is 5.16 Å². The van der Waals surface area contributed by atoms with Crippen molar-refractivity contribution in [2.45, 2.75) is 6.54 Å². The van der Waals surface area contributed by atoms with Gasteiger partial charge in [0, 0.05) is 6.07 Å². The van der Waals surface area contributed by atoms with Crippen molar-refractivity contribution in [3.05, 3.63) is 47.6 Å². The van der Waals surface area contributed by atoms with E-state index in [-0.39, 0.29) is 18.1 Å². The molecule has 6 heteroatoms. The number of hydrogen-bond donors (Lipinski definition) is 2. The number of carboxylic acids is 1. The van der Waals surface area contributed by atoms with Crippen LogP contribution in [-0.4, -0.2) is 16.2 Å². The third kappa shape index (κ3) is 2.60. The summed E-state index contributed by atoms with van der Waals surface area (Å²) in [5, 5.41) is 14.7. The van der Waals surface area contributed by atoms with E-state index in [9.17, 15) is 9.18 Å². The van der Waals surface area contributed by atoms with E-state index in [4.69, 9.17) is 9.63 Å². The van der Waals surface area contributed by atoms with Gasteiger partial charge < -0.3 is 14.9 Å². The van der Waals surface area contributed by atoms with Crippen LogP contribution in [0.1, 0.15) is 16.2 Å². The fraction of sp³-hybridized carbons (Fsp3) is 0.0909. The lowest BCUT2D eigenvalue weighted by molar-refractivity contribution is 0.0685. The molecule has 0 amide bonds. The van der Waals surface area contributed by atoms with Gasteiger partial charge in [-0.15, -0.1) is 0 Å². The normalized spacial score (nSPS) is 10.2. The van der Waals surface area contributed by atoms with E-state index in [0.717, 1.165) is 0 Å². The highest BCUT2D eigenvalue weighted by Gasteiger charge is 2.10. The summed E-state index contributed by atoms with van der Waals surface area (Å²) in [5.74, 6) is -1.22. The van der Waals surface area contributed by atoms with Crippen LogP contribution in [0.3, 0.4) is 0 Å². The molecule has 0 aliphatic carbocycles. The Morgan fingerprint density at radius 2 is 2.24 bits per heavy atom. The minimum Gasteiger partial charge on any atom is -0.476 e. The van der Waals surface area contributed by atoms with E-state index < -0.39 is 5.97 Å². The zero-order valence-electron chi connectivity index (χ0n) is 8.68. The molecule has 0 aliphatic rings. The Morgan fingerprint density at radius 1 is 1.47 bits per heavy atom. The molecule has 0 aliphatic heterocycles. The maximum Gasteiger partial charge on any atom is 0.358 e. The van der Waals surface area contributed by atoms with Crippen molar-refractivity contribution in [3.8, 4) is 0 Å². The Bertz CT molecular complexity index is 539. The molecule has 0 bridgehead atoms. The quantitative estimate of drug-likeness (QED) is 0.850. The number of halogens is 1. The molecular weight excluding hydrogens is 227 g/mol. The number of aromatic nitrogens is 1. The van der Waals surface area contributed by atoms with E-state index in [0.29, 0.717) is 11.4 Å². The van der Waals surface area contributed by atoms with Gasteiger partial charge in [0.25, 0.3) is 0 Å². The summed E-state index contributed by atoms with van der Waals surface area (Å²) in [7, 11) is 0. The van der Waals surface area contributed by atoms with Crippen molar-refractivity contribution in [2.75, 3.05) is 5.32 Å². The summed E-state index contributed by atoms with van der Waals surface area (Å²) in [6, 6.07) is 7.46. The number of nitrogens with one attached hydrogen (secondary N) is 1. The highest BCUT2D eigenvalue weighted by Crippen LogP contribution is 2.14. The summed E-state index contributed by atoms with van der Waals surface area (Å²) in [4.78, 5) is 10.5. The predicted molar refractivity (Wildman–Crippen MR) is 57.2 cm³/mol. The van der Waals surface area contributed by atoms with Gasteiger partial charge in [0.1, 0.15) is 5.82 Å². The number of para-hydroxylation sites is 1. The van der Waals surface area contributed by atoms with Gasteiger partial charge in [-0.1, -0.05) is 17.3 Å². The molecule has 0 atom stereocenters. The monoisotopic (exact) mass is 236 g/mol. The highest BCUT2D eigenvalue weighted by atomic mass is 19.1. The van der Waals surface area contributed by atoms with Gasteiger partial charge in [0.2, 0.25) is 0 Å². The predicted octanol–water partition coefficient (Wildman–Crippen LogP) is 2.12. The maximum atomic E-state index is 13.2. The van der Waals surface area contributed by atoms with E-state index in [1.807, 2.05) is 0 Å². The van der Waals surface area contributed by atoms with Crippen LogP contribution in [0.5, 0.6) is 0 Å². The molecular formula is C11H9FN2O3. The van der Waals surface area contributed by atoms with Crippen molar-refractivity contribution in [1.29, 1.82) is 0 Å². The third-order valence-electron chi connectivity index (χ3n) is 2.10. The minimum atomic E-state index is -1.16. The van der Waals surface area contributed by atoms with Crippen molar-refractivity contribution >= 4 is 11.7 Å². The zero-order chi connectivity index (χ0) is 12.3. The van der Waals surface area contributed by atoms with Crippen LogP contribution in [0.2, 0.25) is 0 Å². The lowest BCUT2D eigenvalue weighted by Crippen LogP contribution is -2.00. The van der Waals surface area contributed by atoms with Gasteiger partial charge in [-0.05, 0) is 12.1 Å². The summed E-state index contributed by atoms with van der Waals surface area (Å²) in [6.45, 7) is 0.168. The van der Waals surface area contributed by atoms with Gasteiger partial charge in [-0.3, -0.25) is 0 Å². The molecule has 1 aromatic carbocycles. The zero-order valence-corrected chi connectivity index (χ0v) is 8.68. The second kappa shape index (κ2) is 4.65. The molecule has 2 rings (SSSR count). The first-order chi connectivity index (χ1) is 8.16. The Kier molecular flexibility index (Phi) is 3.04. The number of carboxylic acid groups (broad SMARTS) is 1. The first-order valence-corrected chi connectivity index (χ1v) is 4.84. The van der Waals surface area contributed by atoms with Gasteiger partial charge in [0.15, 0.2) is 11.5 Å². The van der Waals surface area contributed by atoms with Gasteiger partial charge in [-0.25, -0.2) is 9.18 Å². The highest BCUT2D eigenvalue weighted by molar-refractivity contribution is 5.85. The molecule has 1 aromatic heterocycles. The van der Waals surface area contributed by atoms with E-state index >= 15 is 0 Å². The molecule has 0 saturated heterocycles. The van der Waals surface area contributed by atoms with Crippen molar-refractivity contribution < 1.29 is 18.8 Å². The summed E-state index contributed by atoms with van der Waals surface area (Å²) < 4.78 is 18.0. The number of anilines is 1. The number of nitrogens with zero attached hydrogens (tertiary/aromatic N) is 1. The molecule has 1 heterocycles. The average molecular weight is 236 g/mol. The smallest absolute Gasteiger partial charge is 0.358 e. The van der Waals surface area contributed by atoms with Crippen LogP contribution in [0.4, 0.5) is 10.1 Å². The Balaban J connectivity index is 2.02. The fourth-order valence-electron chi connectivity index (χ4n) is 1.28. The Labute approximate surface area is 95.9 Å². The second-order valence-corrected chi connectivity index (χ2v) is 3.32. The van der Waals surface area contributed by atoms with Crippen LogP contribution < -0.4 is 5.32 Å². The summed E-state index contributed by atoms with van der Waals surface area (Å²) in [6.07, 6.45) is 0. The van der Waals surface area contributed by atoms with Crippen LogP contribution in [-0.2, 0) is 6.54 Å². The van der Waals surface area contributed by atoms with E-state index in [1.165, 1.54) is 12.1 Å². The van der Waals surface area contributed by atoms with Gasteiger partial charge in [-0.2, -0.15) is 0 Å². The standard InChI is InChI=1S/C11H9FN2O3/c12-8-3-1-2-4-9(8)13-6-7-5-10(11(15)16)14-17-7/h1-5,13H,6H2,(H,15,16). The minimum absolute atomic E-state index is 0.168. The molecule has 17 heavy (non-hydrogen) atoms. The first kappa shape index (κ1) is 11.1. The van der Waals surface area contributed by atoms with Crippen LogP contribution >= 0.6 is 0 Å². The van der Waals surface area contributed by atoms with Crippen molar-refractivity contribution in [3.63, 3.8) is 0 Å². The molecule has 2 aromatic rings. The lowest BCUT2D eigenvalue weighted by Gasteiger charge is -2.03. The van der Waals surface area contributed by atoms with E-state index in [2.05, 4.69) is 10.5 Å². The molecule has 5 nitrogen and oxygen atoms in total. The van der Waals surface area contributed by atoms with Crippen LogP contribution in [0.25, 0.3) is 0 Å². The Hall–Kier alpha value is -2.37. The SMILES string of the molecule is O=C(O)c1cc(CNc2ccccc2F)on1. The summed E-state index contributed by atoms with van der Waals surface area (Å²) in [5.41, 5.74) is 0.149. The van der Waals surface area contributed by atoms with E-state index in [1.54, 1.807) is 18.2 Å². The molecule has 0 saturated carbocycles. The Morgan fingerprint density at radius 3 is 2.88 bits per heavy atom. The molecule has 0 fully saturated rings. The number of carbonyl (C=O) groups is 1. The molecule has 0 radical (unpaired) electrons. The number of aromatic carboxylic acids is 1. The van der Waals surface area contributed by atoms with Crippen LogP contribution in [0, 0.1) is 5.82 Å². The number of benzene rings is 1. The van der Waals surface area contributed by atoms with Gasteiger partial charge >= 0.3 is 5.97 Å². The molecule has 0 unspecified atom stereocenters. The topological polar surface area (TPSA) is 75.4 Å². The molecule has 2 N–H and O–H groups in total. The third-order valence-corrected chi connectivity index (χ3v) is 2.10. The van der Waals surface area contributed by atoms with Crippen LogP contribution in [0.15, 0.2) is 34.9 Å². The number of rotatable bonds is 4. The average Bonchev–Trinajstić information content (AvgIpc) is 2.77. The number of hydrogen-bond acceptors (Lipinski definition) is 4. The fourth-order valence-corrected chi connectivity index (χ4v) is 1.28. The first-order valence-electron chi connectivity index (χ1n) is 4.84. The maximum absolute atomic E-state index is 13.2. The summed E-state index contributed by atoms with van der Waals surface area (Å²) >= 11 is 0. The lowest BCUT2D eigenvalue weighted by atomic mass is 10.3. The molecule has 88 valence electrons. The molecule has 0 spiro atoms. The largest absolute Gasteiger partial charge is 0.476 e. The second-order valence-electron chi connectivity index (χ2n) is 3.32.